The largest absolute Gasteiger partial charge is 0.497 e. The molecule has 136 valence electrons. The fourth-order valence-electron chi connectivity index (χ4n) is 2.59. The quantitative estimate of drug-likeness (QED) is 0.687. The lowest BCUT2D eigenvalue weighted by molar-refractivity contribution is 0.414. The molecule has 0 radical (unpaired) electrons. The molecule has 3 rings (SSSR count). The van der Waals surface area contributed by atoms with Crippen LogP contribution in [0.3, 0.4) is 0 Å². The van der Waals surface area contributed by atoms with E-state index in [0.29, 0.717) is 17.9 Å². The molecule has 3 aromatic rings. The molecule has 2 aromatic heterocycles. The van der Waals surface area contributed by atoms with Crippen molar-refractivity contribution in [2.45, 2.75) is 18.4 Å². The maximum atomic E-state index is 12.5. The molecule has 0 amide bonds. The lowest BCUT2D eigenvalue weighted by Gasteiger charge is -2.10. The molecule has 8 heteroatoms. The fraction of sp³-hybridized carbons (Fsp3) is 0.222. The third kappa shape index (κ3) is 4.09. The van der Waals surface area contributed by atoms with Crippen LogP contribution in [0.2, 0.25) is 0 Å². The smallest absolute Gasteiger partial charge is 0.240 e. The number of aromatic nitrogens is 3. The van der Waals surface area contributed by atoms with Crippen LogP contribution >= 0.6 is 0 Å². The van der Waals surface area contributed by atoms with E-state index in [9.17, 15) is 8.42 Å². The van der Waals surface area contributed by atoms with E-state index in [1.54, 1.807) is 49.3 Å². The van der Waals surface area contributed by atoms with Crippen LogP contribution in [0.15, 0.2) is 59.9 Å². The lowest BCUT2D eigenvalue weighted by Crippen LogP contribution is -2.28. The van der Waals surface area contributed by atoms with Gasteiger partial charge < -0.3 is 4.74 Å². The van der Waals surface area contributed by atoms with E-state index in [1.807, 2.05) is 24.4 Å². The molecule has 0 bridgehead atoms. The Hall–Kier alpha value is -2.71. The first-order valence-corrected chi connectivity index (χ1v) is 9.56. The number of hydrogen-bond donors (Lipinski definition) is 1. The number of nitrogens with zero attached hydrogens (tertiary/aromatic N) is 3. The molecule has 0 aliphatic heterocycles. The molecule has 7 nitrogen and oxygen atoms in total. The number of hydrogen-bond acceptors (Lipinski definition) is 5. The number of sulfonamides is 1. The Morgan fingerprint density at radius 3 is 2.62 bits per heavy atom. The summed E-state index contributed by atoms with van der Waals surface area (Å²) in [5, 5.41) is 4.45. The molecule has 0 atom stereocenters. The number of pyridine rings is 1. The van der Waals surface area contributed by atoms with Crippen molar-refractivity contribution >= 4 is 10.0 Å². The third-order valence-electron chi connectivity index (χ3n) is 3.92. The van der Waals surface area contributed by atoms with Gasteiger partial charge in [0.15, 0.2) is 0 Å². The van der Waals surface area contributed by atoms with E-state index < -0.39 is 10.0 Å². The molecule has 0 aliphatic rings. The molecule has 1 N–H and O–H groups in total. The minimum absolute atomic E-state index is 0.241. The summed E-state index contributed by atoms with van der Waals surface area (Å²) in [7, 11) is -2.04. The van der Waals surface area contributed by atoms with Crippen LogP contribution in [-0.2, 0) is 16.6 Å². The average molecular weight is 372 g/mol. The monoisotopic (exact) mass is 372 g/mol. The second kappa shape index (κ2) is 7.67. The fourth-order valence-corrected chi connectivity index (χ4v) is 3.83. The summed E-state index contributed by atoms with van der Waals surface area (Å²) in [6.07, 6.45) is 5.24. The van der Waals surface area contributed by atoms with Gasteiger partial charge in [0.1, 0.15) is 5.75 Å². The van der Waals surface area contributed by atoms with Gasteiger partial charge in [0.2, 0.25) is 10.0 Å². The molecule has 26 heavy (non-hydrogen) atoms. The van der Waals surface area contributed by atoms with Crippen molar-refractivity contribution in [3.63, 3.8) is 0 Å². The van der Waals surface area contributed by atoms with Crippen LogP contribution in [0.4, 0.5) is 0 Å². The molecule has 0 aliphatic carbocycles. The van der Waals surface area contributed by atoms with Gasteiger partial charge in [-0.05, 0) is 48.9 Å². The van der Waals surface area contributed by atoms with E-state index in [1.165, 1.54) is 0 Å². The van der Waals surface area contributed by atoms with Crippen molar-refractivity contribution < 1.29 is 13.2 Å². The molecule has 1 aromatic carbocycles. The van der Waals surface area contributed by atoms with Gasteiger partial charge in [-0.2, -0.15) is 5.10 Å². The Morgan fingerprint density at radius 2 is 1.92 bits per heavy atom. The summed E-state index contributed by atoms with van der Waals surface area (Å²) in [5.41, 5.74) is 2.42. The Kier molecular flexibility index (Phi) is 5.34. The predicted octanol–water partition coefficient (Wildman–Crippen LogP) is 2.24. The molecule has 0 saturated heterocycles. The molecule has 2 heterocycles. The standard InChI is InChI=1S/C18H20N4O3S/c1-14-13-16(25-2)3-4-18(14)26(23,24)20-10-12-22-11-7-17(21-22)15-5-8-19-9-6-15/h3-9,11,13,20H,10,12H2,1-2H3. The number of ether oxygens (including phenoxy) is 1. The Morgan fingerprint density at radius 1 is 1.15 bits per heavy atom. The highest BCUT2D eigenvalue weighted by Gasteiger charge is 2.16. The number of methoxy groups -OCH3 is 1. The van der Waals surface area contributed by atoms with E-state index >= 15 is 0 Å². The lowest BCUT2D eigenvalue weighted by atomic mass is 10.2. The third-order valence-corrected chi connectivity index (χ3v) is 5.54. The van der Waals surface area contributed by atoms with Crippen molar-refractivity contribution in [2.24, 2.45) is 0 Å². The average Bonchev–Trinajstić information content (AvgIpc) is 3.11. The Labute approximate surface area is 152 Å². The summed E-state index contributed by atoms with van der Waals surface area (Å²) >= 11 is 0. The van der Waals surface area contributed by atoms with Crippen molar-refractivity contribution in [2.75, 3.05) is 13.7 Å². The van der Waals surface area contributed by atoms with Crippen LogP contribution in [0, 0.1) is 6.92 Å². The van der Waals surface area contributed by atoms with Gasteiger partial charge in [0, 0.05) is 30.7 Å². The van der Waals surface area contributed by atoms with Crippen LogP contribution in [0.25, 0.3) is 11.3 Å². The number of benzene rings is 1. The van der Waals surface area contributed by atoms with Crippen LogP contribution in [-0.4, -0.2) is 36.8 Å². The normalized spacial score (nSPS) is 11.5. The summed E-state index contributed by atoms with van der Waals surface area (Å²) in [6.45, 7) is 2.41. The molecular formula is C18H20N4O3S. The zero-order valence-corrected chi connectivity index (χ0v) is 15.4. The zero-order chi connectivity index (χ0) is 18.6. The van der Waals surface area contributed by atoms with Gasteiger partial charge in [-0.3, -0.25) is 9.67 Å². The van der Waals surface area contributed by atoms with E-state index in [-0.39, 0.29) is 11.4 Å². The predicted molar refractivity (Wildman–Crippen MR) is 98.4 cm³/mol. The molecule has 0 fully saturated rings. The molecule has 0 unspecified atom stereocenters. The first kappa shape index (κ1) is 18.1. The van der Waals surface area contributed by atoms with Gasteiger partial charge in [-0.15, -0.1) is 0 Å². The summed E-state index contributed by atoms with van der Waals surface area (Å²) in [5.74, 6) is 0.627. The highest BCUT2D eigenvalue weighted by Crippen LogP contribution is 2.20. The van der Waals surface area contributed by atoms with Gasteiger partial charge in [-0.25, -0.2) is 13.1 Å². The van der Waals surface area contributed by atoms with Gasteiger partial charge in [0.25, 0.3) is 0 Å². The second-order valence-corrected chi connectivity index (χ2v) is 7.46. The van der Waals surface area contributed by atoms with E-state index in [4.69, 9.17) is 4.74 Å². The van der Waals surface area contributed by atoms with Gasteiger partial charge in [0.05, 0.1) is 24.2 Å². The molecule has 0 saturated carbocycles. The van der Waals surface area contributed by atoms with E-state index in [2.05, 4.69) is 14.8 Å². The van der Waals surface area contributed by atoms with Crippen molar-refractivity contribution in [1.82, 2.24) is 19.5 Å². The van der Waals surface area contributed by atoms with E-state index in [0.717, 1.165) is 11.3 Å². The zero-order valence-electron chi connectivity index (χ0n) is 14.6. The van der Waals surface area contributed by atoms with Crippen LogP contribution in [0.1, 0.15) is 5.56 Å². The maximum absolute atomic E-state index is 12.5. The SMILES string of the molecule is COc1ccc(S(=O)(=O)NCCn2ccc(-c3ccncc3)n2)c(C)c1. The molecule has 0 spiro atoms. The number of rotatable bonds is 7. The maximum Gasteiger partial charge on any atom is 0.240 e. The number of nitrogens with one attached hydrogen (secondary N) is 1. The first-order chi connectivity index (χ1) is 12.5. The number of aryl methyl sites for hydroxylation is 1. The molecular weight excluding hydrogens is 352 g/mol. The van der Waals surface area contributed by atoms with Crippen molar-refractivity contribution in [1.29, 1.82) is 0 Å². The minimum atomic E-state index is -3.59. The second-order valence-electron chi connectivity index (χ2n) is 5.73. The Bertz CT molecular complexity index is 985. The van der Waals surface area contributed by atoms with Crippen LogP contribution < -0.4 is 9.46 Å². The van der Waals surface area contributed by atoms with Gasteiger partial charge >= 0.3 is 0 Å². The Balaban J connectivity index is 1.63. The van der Waals surface area contributed by atoms with Gasteiger partial charge in [-0.1, -0.05) is 0 Å². The minimum Gasteiger partial charge on any atom is -0.497 e. The highest BCUT2D eigenvalue weighted by atomic mass is 32.2. The van der Waals surface area contributed by atoms with Crippen molar-refractivity contribution in [3.8, 4) is 17.0 Å². The first-order valence-electron chi connectivity index (χ1n) is 8.08. The summed E-state index contributed by atoms with van der Waals surface area (Å²) in [6, 6.07) is 10.5. The van der Waals surface area contributed by atoms with Crippen LogP contribution in [0.5, 0.6) is 5.75 Å². The summed E-state index contributed by atoms with van der Waals surface area (Å²) in [4.78, 5) is 4.23. The highest BCUT2D eigenvalue weighted by molar-refractivity contribution is 7.89. The summed E-state index contributed by atoms with van der Waals surface area (Å²) < 4.78 is 34.4. The topological polar surface area (TPSA) is 86.1 Å². The van der Waals surface area contributed by atoms with Crippen molar-refractivity contribution in [3.05, 3.63) is 60.6 Å².